The van der Waals surface area contributed by atoms with Gasteiger partial charge in [-0.1, -0.05) is 41.4 Å². The molecule has 0 saturated carbocycles. The second kappa shape index (κ2) is 6.81. The Bertz CT molecular complexity index is 733. The monoisotopic (exact) mass is 348 g/mol. The SMILES string of the molecule is CC(C(=O)Nc1ccc(Cl)cc1Cl)N1CCCc2ccccc21. The summed E-state index contributed by atoms with van der Waals surface area (Å²) in [5.74, 6) is -0.0778. The molecule has 0 aliphatic carbocycles. The van der Waals surface area contributed by atoms with Crippen LogP contribution in [0.25, 0.3) is 0 Å². The summed E-state index contributed by atoms with van der Waals surface area (Å²) in [7, 11) is 0. The molecule has 1 amide bonds. The number of halogens is 2. The molecule has 1 N–H and O–H groups in total. The van der Waals surface area contributed by atoms with E-state index in [1.165, 1.54) is 5.56 Å². The highest BCUT2D eigenvalue weighted by Crippen LogP contribution is 2.30. The standard InChI is InChI=1S/C18H18Cl2N2O/c1-12(18(23)21-16-9-8-14(19)11-15(16)20)22-10-4-6-13-5-2-3-7-17(13)22/h2-3,5,7-9,11-12H,4,6,10H2,1H3,(H,21,23). The van der Waals surface area contributed by atoms with Crippen LogP contribution < -0.4 is 10.2 Å². The number of benzene rings is 2. The van der Waals surface area contributed by atoms with E-state index in [9.17, 15) is 4.79 Å². The van der Waals surface area contributed by atoms with Crippen LogP contribution in [0.4, 0.5) is 11.4 Å². The Labute approximate surface area is 146 Å². The smallest absolute Gasteiger partial charge is 0.246 e. The summed E-state index contributed by atoms with van der Waals surface area (Å²) < 4.78 is 0. The van der Waals surface area contributed by atoms with E-state index in [0.29, 0.717) is 15.7 Å². The van der Waals surface area contributed by atoms with Crippen LogP contribution >= 0.6 is 23.2 Å². The predicted octanol–water partition coefficient (Wildman–Crippen LogP) is 4.77. The van der Waals surface area contributed by atoms with Crippen molar-refractivity contribution in [3.8, 4) is 0 Å². The lowest BCUT2D eigenvalue weighted by molar-refractivity contribution is -0.117. The summed E-state index contributed by atoms with van der Waals surface area (Å²) in [4.78, 5) is 14.8. The van der Waals surface area contributed by atoms with Crippen LogP contribution in [0.2, 0.25) is 10.0 Å². The van der Waals surface area contributed by atoms with Crippen molar-refractivity contribution < 1.29 is 4.79 Å². The highest BCUT2D eigenvalue weighted by Gasteiger charge is 2.26. The molecule has 3 nitrogen and oxygen atoms in total. The van der Waals surface area contributed by atoms with Gasteiger partial charge in [0.05, 0.1) is 10.7 Å². The van der Waals surface area contributed by atoms with E-state index in [-0.39, 0.29) is 11.9 Å². The number of anilines is 2. The fourth-order valence-corrected chi connectivity index (χ4v) is 3.39. The summed E-state index contributed by atoms with van der Waals surface area (Å²) in [6.07, 6.45) is 2.11. The van der Waals surface area contributed by atoms with Crippen molar-refractivity contribution >= 4 is 40.5 Å². The summed E-state index contributed by atoms with van der Waals surface area (Å²) in [5, 5.41) is 3.88. The Kier molecular flexibility index (Phi) is 4.79. The van der Waals surface area contributed by atoms with Gasteiger partial charge >= 0.3 is 0 Å². The first-order chi connectivity index (χ1) is 11.1. The summed E-state index contributed by atoms with van der Waals surface area (Å²) in [5.41, 5.74) is 3.02. The van der Waals surface area contributed by atoms with Crippen molar-refractivity contribution in [2.75, 3.05) is 16.8 Å². The molecule has 0 saturated heterocycles. The third-order valence-corrected chi connectivity index (χ3v) is 4.73. The van der Waals surface area contributed by atoms with Crippen LogP contribution in [0.1, 0.15) is 18.9 Å². The van der Waals surface area contributed by atoms with Crippen molar-refractivity contribution in [3.63, 3.8) is 0 Å². The molecule has 0 aromatic heterocycles. The second-order valence-electron chi connectivity index (χ2n) is 5.72. The largest absolute Gasteiger partial charge is 0.360 e. The molecule has 2 aromatic rings. The van der Waals surface area contributed by atoms with Gasteiger partial charge in [0.2, 0.25) is 5.91 Å². The van der Waals surface area contributed by atoms with Crippen LogP contribution in [-0.2, 0) is 11.2 Å². The minimum Gasteiger partial charge on any atom is -0.360 e. The average molecular weight is 349 g/mol. The van der Waals surface area contributed by atoms with Crippen molar-refractivity contribution in [2.45, 2.75) is 25.8 Å². The number of para-hydroxylation sites is 1. The van der Waals surface area contributed by atoms with Crippen LogP contribution in [0, 0.1) is 0 Å². The fourth-order valence-electron chi connectivity index (χ4n) is 2.93. The number of rotatable bonds is 3. The topological polar surface area (TPSA) is 32.3 Å². The lowest BCUT2D eigenvalue weighted by Gasteiger charge is -2.35. The second-order valence-corrected chi connectivity index (χ2v) is 6.56. The molecule has 0 bridgehead atoms. The maximum Gasteiger partial charge on any atom is 0.246 e. The molecule has 1 heterocycles. The van der Waals surface area contributed by atoms with Crippen LogP contribution in [-0.4, -0.2) is 18.5 Å². The molecule has 0 fully saturated rings. The first-order valence-corrected chi connectivity index (χ1v) is 8.42. The number of nitrogens with one attached hydrogen (secondary N) is 1. The van der Waals surface area contributed by atoms with Gasteiger partial charge in [0, 0.05) is 17.3 Å². The Morgan fingerprint density at radius 2 is 2.00 bits per heavy atom. The quantitative estimate of drug-likeness (QED) is 0.865. The lowest BCUT2D eigenvalue weighted by Crippen LogP contribution is -2.44. The molecule has 5 heteroatoms. The number of hydrogen-bond donors (Lipinski definition) is 1. The Hall–Kier alpha value is -1.71. The first-order valence-electron chi connectivity index (χ1n) is 7.67. The summed E-state index contributed by atoms with van der Waals surface area (Å²) >= 11 is 12.0. The van der Waals surface area contributed by atoms with E-state index >= 15 is 0 Å². The molecule has 0 spiro atoms. The minimum absolute atomic E-state index is 0.0778. The third kappa shape index (κ3) is 3.46. The number of carbonyl (C=O) groups excluding carboxylic acids is 1. The number of hydrogen-bond acceptors (Lipinski definition) is 2. The molecule has 1 unspecified atom stereocenters. The van der Waals surface area contributed by atoms with Crippen LogP contribution in [0.3, 0.4) is 0 Å². The van der Waals surface area contributed by atoms with Gasteiger partial charge in [-0.25, -0.2) is 0 Å². The number of nitrogens with zero attached hydrogens (tertiary/aromatic N) is 1. The average Bonchev–Trinajstić information content (AvgIpc) is 2.56. The van der Waals surface area contributed by atoms with Gasteiger partial charge in [-0.15, -0.1) is 0 Å². The van der Waals surface area contributed by atoms with Gasteiger partial charge in [-0.2, -0.15) is 0 Å². The fraction of sp³-hybridized carbons (Fsp3) is 0.278. The predicted molar refractivity (Wildman–Crippen MR) is 96.7 cm³/mol. The van der Waals surface area contributed by atoms with Crippen LogP contribution in [0.5, 0.6) is 0 Å². The van der Waals surface area contributed by atoms with Crippen LogP contribution in [0.15, 0.2) is 42.5 Å². The molecule has 23 heavy (non-hydrogen) atoms. The molecule has 1 aliphatic heterocycles. The highest BCUT2D eigenvalue weighted by atomic mass is 35.5. The van der Waals surface area contributed by atoms with E-state index in [1.807, 2.05) is 19.1 Å². The molecule has 0 radical (unpaired) electrons. The van der Waals surface area contributed by atoms with Crippen molar-refractivity contribution in [1.29, 1.82) is 0 Å². The number of fused-ring (bicyclic) bond motifs is 1. The third-order valence-electron chi connectivity index (χ3n) is 4.18. The molecule has 120 valence electrons. The Morgan fingerprint density at radius 1 is 1.22 bits per heavy atom. The van der Waals surface area contributed by atoms with E-state index < -0.39 is 0 Å². The van der Waals surface area contributed by atoms with Gasteiger partial charge in [-0.05, 0) is 49.6 Å². The molecular weight excluding hydrogens is 331 g/mol. The minimum atomic E-state index is -0.275. The summed E-state index contributed by atoms with van der Waals surface area (Å²) in [6, 6.07) is 13.0. The van der Waals surface area contributed by atoms with E-state index in [0.717, 1.165) is 25.1 Å². The molecule has 3 rings (SSSR count). The van der Waals surface area contributed by atoms with Gasteiger partial charge in [0.25, 0.3) is 0 Å². The van der Waals surface area contributed by atoms with Crippen molar-refractivity contribution in [1.82, 2.24) is 0 Å². The zero-order chi connectivity index (χ0) is 16.4. The Morgan fingerprint density at radius 3 is 2.78 bits per heavy atom. The van der Waals surface area contributed by atoms with Crippen molar-refractivity contribution in [3.05, 3.63) is 58.1 Å². The maximum absolute atomic E-state index is 12.6. The number of aryl methyl sites for hydroxylation is 1. The molecule has 2 aromatic carbocycles. The summed E-state index contributed by atoms with van der Waals surface area (Å²) in [6.45, 7) is 2.79. The van der Waals surface area contributed by atoms with Gasteiger partial charge in [0.1, 0.15) is 6.04 Å². The number of carbonyl (C=O) groups is 1. The lowest BCUT2D eigenvalue weighted by atomic mass is 10.00. The van der Waals surface area contributed by atoms with Gasteiger partial charge in [-0.3, -0.25) is 4.79 Å². The van der Waals surface area contributed by atoms with E-state index in [1.54, 1.807) is 18.2 Å². The van der Waals surface area contributed by atoms with Gasteiger partial charge < -0.3 is 10.2 Å². The maximum atomic E-state index is 12.6. The molecule has 1 aliphatic rings. The van der Waals surface area contributed by atoms with Gasteiger partial charge in [0.15, 0.2) is 0 Å². The first kappa shape index (κ1) is 16.2. The van der Waals surface area contributed by atoms with E-state index in [4.69, 9.17) is 23.2 Å². The van der Waals surface area contributed by atoms with Crippen molar-refractivity contribution in [2.24, 2.45) is 0 Å². The zero-order valence-corrected chi connectivity index (χ0v) is 14.4. The molecular formula is C18H18Cl2N2O. The molecule has 1 atom stereocenters. The highest BCUT2D eigenvalue weighted by molar-refractivity contribution is 6.36. The number of amides is 1. The zero-order valence-electron chi connectivity index (χ0n) is 12.9. The Balaban J connectivity index is 1.78. The van der Waals surface area contributed by atoms with E-state index in [2.05, 4.69) is 22.3 Å². The normalized spacial score (nSPS) is 15.0.